The fraction of sp³-hybridized carbons (Fsp3) is 0.500. The highest BCUT2D eigenvalue weighted by Gasteiger charge is 2.20. The first kappa shape index (κ1) is 15.3. The first-order valence-corrected chi connectivity index (χ1v) is 8.15. The van der Waals surface area contributed by atoms with Crippen LogP contribution in [0, 0.1) is 6.92 Å². The summed E-state index contributed by atoms with van der Waals surface area (Å²) in [6.45, 7) is 5.49. The van der Waals surface area contributed by atoms with Crippen LogP contribution in [0.4, 0.5) is 0 Å². The smallest absolute Gasteiger partial charge is 0.0682 e. The quantitative estimate of drug-likeness (QED) is 0.942. The van der Waals surface area contributed by atoms with Crippen molar-refractivity contribution in [3.8, 4) is 11.3 Å². The first-order chi connectivity index (χ1) is 10.7. The van der Waals surface area contributed by atoms with E-state index in [9.17, 15) is 0 Å². The van der Waals surface area contributed by atoms with Gasteiger partial charge in [-0.3, -0.25) is 9.58 Å². The largest absolute Gasteiger partial charge is 0.316 e. The Morgan fingerprint density at radius 1 is 1.32 bits per heavy atom. The van der Waals surface area contributed by atoms with Gasteiger partial charge in [0.1, 0.15) is 0 Å². The highest BCUT2D eigenvalue weighted by atomic mass is 15.3. The number of nitrogens with zero attached hydrogens (tertiary/aromatic N) is 3. The Hall–Kier alpha value is -1.65. The van der Waals surface area contributed by atoms with Crippen molar-refractivity contribution in [1.82, 2.24) is 20.0 Å². The minimum Gasteiger partial charge on any atom is -0.316 e. The zero-order valence-electron chi connectivity index (χ0n) is 13.8. The molecule has 0 spiro atoms. The van der Waals surface area contributed by atoms with Crippen LogP contribution in [0.15, 0.2) is 30.5 Å². The van der Waals surface area contributed by atoms with Crippen molar-refractivity contribution in [2.75, 3.05) is 20.1 Å². The van der Waals surface area contributed by atoms with Gasteiger partial charge in [0.2, 0.25) is 0 Å². The van der Waals surface area contributed by atoms with Gasteiger partial charge in [-0.1, -0.05) is 17.7 Å². The molecule has 1 aromatic heterocycles. The highest BCUT2D eigenvalue weighted by molar-refractivity contribution is 5.64. The molecule has 1 fully saturated rings. The molecule has 0 aliphatic carbocycles. The predicted molar refractivity (Wildman–Crippen MR) is 90.7 cm³/mol. The van der Waals surface area contributed by atoms with Gasteiger partial charge in [0.25, 0.3) is 0 Å². The second-order valence-corrected chi connectivity index (χ2v) is 6.36. The number of likely N-dealkylation sites (tertiary alicyclic amines) is 1. The lowest BCUT2D eigenvalue weighted by atomic mass is 9.99. The maximum atomic E-state index is 4.33. The van der Waals surface area contributed by atoms with Crippen molar-refractivity contribution in [2.24, 2.45) is 7.05 Å². The minimum atomic E-state index is 0.624. The van der Waals surface area contributed by atoms with Crippen molar-refractivity contribution < 1.29 is 0 Å². The number of aryl methyl sites for hydroxylation is 2. The molecule has 4 heteroatoms. The third-order valence-electron chi connectivity index (χ3n) is 4.67. The van der Waals surface area contributed by atoms with Crippen LogP contribution in [-0.4, -0.2) is 40.9 Å². The van der Waals surface area contributed by atoms with Gasteiger partial charge in [-0.15, -0.1) is 0 Å². The van der Waals surface area contributed by atoms with E-state index in [-0.39, 0.29) is 0 Å². The van der Waals surface area contributed by atoms with Gasteiger partial charge < -0.3 is 5.32 Å². The Morgan fingerprint density at radius 2 is 2.18 bits per heavy atom. The van der Waals surface area contributed by atoms with Crippen LogP contribution in [-0.2, 0) is 13.6 Å². The van der Waals surface area contributed by atoms with Gasteiger partial charge in [0, 0.05) is 37.9 Å². The zero-order valence-corrected chi connectivity index (χ0v) is 13.8. The van der Waals surface area contributed by atoms with E-state index in [2.05, 4.69) is 53.6 Å². The Kier molecular flexibility index (Phi) is 4.60. The van der Waals surface area contributed by atoms with Crippen LogP contribution in [0.1, 0.15) is 24.0 Å². The van der Waals surface area contributed by atoms with Gasteiger partial charge in [-0.05, 0) is 51.1 Å². The predicted octanol–water partition coefficient (Wildman–Crippen LogP) is 2.58. The molecular formula is C18H26N4. The molecule has 2 heterocycles. The van der Waals surface area contributed by atoms with Crippen molar-refractivity contribution >= 4 is 0 Å². The molecule has 1 unspecified atom stereocenters. The van der Waals surface area contributed by atoms with E-state index < -0.39 is 0 Å². The molecule has 0 saturated carbocycles. The molecule has 1 saturated heterocycles. The van der Waals surface area contributed by atoms with Crippen LogP contribution in [0.3, 0.4) is 0 Å². The maximum absolute atomic E-state index is 4.33. The molecule has 0 amide bonds. The third-order valence-corrected chi connectivity index (χ3v) is 4.67. The topological polar surface area (TPSA) is 33.1 Å². The molecule has 118 valence electrons. The second-order valence-electron chi connectivity index (χ2n) is 6.36. The summed E-state index contributed by atoms with van der Waals surface area (Å²) >= 11 is 0. The van der Waals surface area contributed by atoms with Crippen LogP contribution in [0.5, 0.6) is 0 Å². The molecule has 2 aromatic rings. The average molecular weight is 298 g/mol. The molecule has 3 rings (SSSR count). The number of piperidine rings is 1. The normalized spacial score (nSPS) is 19.5. The Morgan fingerprint density at radius 3 is 2.91 bits per heavy atom. The van der Waals surface area contributed by atoms with Crippen molar-refractivity contribution in [3.05, 3.63) is 41.6 Å². The molecule has 4 nitrogen and oxygen atoms in total. The summed E-state index contributed by atoms with van der Waals surface area (Å²) in [5.74, 6) is 0. The van der Waals surface area contributed by atoms with Gasteiger partial charge in [-0.25, -0.2) is 0 Å². The lowest BCUT2D eigenvalue weighted by Gasteiger charge is -2.33. The van der Waals surface area contributed by atoms with E-state index in [1.807, 2.05) is 17.9 Å². The van der Waals surface area contributed by atoms with Crippen LogP contribution in [0.25, 0.3) is 11.3 Å². The van der Waals surface area contributed by atoms with Crippen molar-refractivity contribution in [3.63, 3.8) is 0 Å². The van der Waals surface area contributed by atoms with Gasteiger partial charge >= 0.3 is 0 Å². The number of rotatable bonds is 4. The summed E-state index contributed by atoms with van der Waals surface area (Å²) in [7, 11) is 4.08. The Balaban J connectivity index is 1.86. The van der Waals surface area contributed by atoms with E-state index in [4.69, 9.17) is 0 Å². The number of hydrogen-bond donors (Lipinski definition) is 1. The second kappa shape index (κ2) is 6.63. The summed E-state index contributed by atoms with van der Waals surface area (Å²) in [6, 6.07) is 9.51. The number of aromatic nitrogens is 2. The van der Waals surface area contributed by atoms with Crippen LogP contribution < -0.4 is 5.32 Å². The van der Waals surface area contributed by atoms with Crippen LogP contribution in [0.2, 0.25) is 0 Å². The lowest BCUT2D eigenvalue weighted by molar-refractivity contribution is 0.188. The third kappa shape index (κ3) is 3.23. The minimum absolute atomic E-state index is 0.624. The summed E-state index contributed by atoms with van der Waals surface area (Å²) in [4.78, 5) is 2.56. The van der Waals surface area contributed by atoms with E-state index in [0.717, 1.165) is 13.1 Å². The summed E-state index contributed by atoms with van der Waals surface area (Å²) < 4.78 is 1.96. The number of likely N-dealkylation sites (N-methyl/N-ethyl adjacent to an activating group) is 1. The lowest BCUT2D eigenvalue weighted by Crippen LogP contribution is -2.43. The fourth-order valence-corrected chi connectivity index (χ4v) is 3.38. The number of benzene rings is 1. The fourth-order valence-electron chi connectivity index (χ4n) is 3.38. The monoisotopic (exact) mass is 298 g/mol. The van der Waals surface area contributed by atoms with Crippen molar-refractivity contribution in [2.45, 2.75) is 32.4 Å². The van der Waals surface area contributed by atoms with E-state index >= 15 is 0 Å². The summed E-state index contributed by atoms with van der Waals surface area (Å²) in [5, 5.41) is 7.75. The summed E-state index contributed by atoms with van der Waals surface area (Å²) in [6.07, 6.45) is 4.44. The Bertz CT molecular complexity index is 632. The van der Waals surface area contributed by atoms with E-state index in [1.165, 1.54) is 41.8 Å². The molecule has 1 atom stereocenters. The van der Waals surface area contributed by atoms with E-state index in [0.29, 0.717) is 6.04 Å². The standard InChI is InChI=1S/C18H26N4/c1-14-6-7-15(12-22-10-4-5-16(13-22)19-2)17(11-14)18-8-9-20-21(18)3/h6-9,11,16,19H,4-5,10,12-13H2,1-3H3. The molecule has 1 N–H and O–H groups in total. The number of hydrogen-bond acceptors (Lipinski definition) is 3. The van der Waals surface area contributed by atoms with E-state index in [1.54, 1.807) is 0 Å². The molecule has 0 bridgehead atoms. The first-order valence-electron chi connectivity index (χ1n) is 8.15. The van der Waals surface area contributed by atoms with Gasteiger partial charge in [0.05, 0.1) is 5.69 Å². The van der Waals surface area contributed by atoms with Crippen molar-refractivity contribution in [1.29, 1.82) is 0 Å². The molecule has 0 radical (unpaired) electrons. The van der Waals surface area contributed by atoms with Gasteiger partial charge in [-0.2, -0.15) is 5.10 Å². The Labute approximate surface area is 133 Å². The van der Waals surface area contributed by atoms with Gasteiger partial charge in [0.15, 0.2) is 0 Å². The zero-order chi connectivity index (χ0) is 15.5. The molecule has 22 heavy (non-hydrogen) atoms. The van der Waals surface area contributed by atoms with Crippen LogP contribution >= 0.6 is 0 Å². The SMILES string of the molecule is CNC1CCCN(Cc2ccc(C)cc2-c2ccnn2C)C1. The highest BCUT2D eigenvalue weighted by Crippen LogP contribution is 2.26. The maximum Gasteiger partial charge on any atom is 0.0682 e. The molecule has 1 aliphatic heterocycles. The summed E-state index contributed by atoms with van der Waals surface area (Å²) in [5.41, 5.74) is 5.20. The average Bonchev–Trinajstić information content (AvgIpc) is 2.95. The molecular weight excluding hydrogens is 272 g/mol. The molecule has 1 aliphatic rings. The molecule has 1 aromatic carbocycles. The number of nitrogens with one attached hydrogen (secondary N) is 1.